The van der Waals surface area contributed by atoms with Crippen molar-refractivity contribution < 1.29 is 9.47 Å². The molecule has 3 aromatic rings. The first-order valence-corrected chi connectivity index (χ1v) is 11.2. The predicted octanol–water partition coefficient (Wildman–Crippen LogP) is 5.07. The average molecular weight is 489 g/mol. The van der Waals surface area contributed by atoms with E-state index in [9.17, 15) is 4.79 Å². The summed E-state index contributed by atoms with van der Waals surface area (Å²) in [7, 11) is 0. The molecule has 4 rings (SSSR count). The van der Waals surface area contributed by atoms with E-state index in [0.717, 1.165) is 13.2 Å². The van der Waals surface area contributed by atoms with Crippen molar-refractivity contribution >= 4 is 34.6 Å². The van der Waals surface area contributed by atoms with Crippen molar-refractivity contribution in [3.63, 3.8) is 0 Å². The second kappa shape index (κ2) is 11.3. The Morgan fingerprint density at radius 1 is 1.24 bits per heavy atom. The van der Waals surface area contributed by atoms with Crippen LogP contribution in [0.1, 0.15) is 40.8 Å². The molecule has 0 spiro atoms. The molecule has 1 aromatic carbocycles. The summed E-state index contributed by atoms with van der Waals surface area (Å²) >= 11 is 12.4. The van der Waals surface area contributed by atoms with Gasteiger partial charge in [-0.15, -0.1) is 0 Å². The van der Waals surface area contributed by atoms with E-state index in [2.05, 4.69) is 9.97 Å². The van der Waals surface area contributed by atoms with E-state index in [-0.39, 0.29) is 17.9 Å². The Morgan fingerprint density at radius 3 is 2.61 bits per heavy atom. The number of aromatic amines is 1. The van der Waals surface area contributed by atoms with E-state index in [1.807, 2.05) is 0 Å². The molecule has 7 nitrogen and oxygen atoms in total. The molecule has 1 fully saturated rings. The molecule has 9 heteroatoms. The molecule has 0 amide bonds. The fourth-order valence-corrected chi connectivity index (χ4v) is 3.60. The summed E-state index contributed by atoms with van der Waals surface area (Å²) < 4.78 is 10.8. The molecule has 1 aliphatic heterocycles. The van der Waals surface area contributed by atoms with Gasteiger partial charge in [-0.3, -0.25) is 15.2 Å². The maximum Gasteiger partial charge on any atom is 0.250 e. The smallest absolute Gasteiger partial charge is 0.250 e. The number of aromatic nitrogens is 2. The Morgan fingerprint density at radius 2 is 1.97 bits per heavy atom. The molecule has 0 atom stereocenters. The second-order valence-electron chi connectivity index (χ2n) is 7.62. The Balaban J connectivity index is 0.000000541. The van der Waals surface area contributed by atoms with Crippen LogP contribution in [0.3, 0.4) is 0 Å². The molecule has 174 valence electrons. The molecule has 0 bridgehead atoms. The van der Waals surface area contributed by atoms with Crippen molar-refractivity contribution in [1.29, 1.82) is 5.41 Å². The lowest BCUT2D eigenvalue weighted by Crippen LogP contribution is -2.13. The molecule has 0 radical (unpaired) electrons. The van der Waals surface area contributed by atoms with Gasteiger partial charge in [0.25, 0.3) is 5.56 Å². The number of aryl methyl sites for hydroxylation is 2. The summed E-state index contributed by atoms with van der Waals surface area (Å²) in [5.74, 6) is 0.511. The van der Waals surface area contributed by atoms with Crippen LogP contribution in [0.4, 0.5) is 5.69 Å². The van der Waals surface area contributed by atoms with Gasteiger partial charge in [0.2, 0.25) is 0 Å². The Hall–Kier alpha value is -2.87. The first-order valence-electron chi connectivity index (χ1n) is 10.5. The van der Waals surface area contributed by atoms with Crippen LogP contribution in [0, 0.1) is 19.3 Å². The van der Waals surface area contributed by atoms with E-state index in [4.69, 9.17) is 43.8 Å². The Bertz CT molecular complexity index is 1200. The summed E-state index contributed by atoms with van der Waals surface area (Å²) in [5.41, 5.74) is 9.34. The molecular formula is C24H26Cl2N4O3. The number of pyridine rings is 2. The molecule has 2 aromatic heterocycles. The fourth-order valence-electron chi connectivity index (χ4n) is 3.15. The molecule has 0 aliphatic carbocycles. The van der Waals surface area contributed by atoms with Gasteiger partial charge in [-0.1, -0.05) is 23.2 Å². The molecule has 1 aliphatic rings. The van der Waals surface area contributed by atoms with Crippen LogP contribution in [0.25, 0.3) is 0 Å². The van der Waals surface area contributed by atoms with E-state index in [1.165, 1.54) is 25.2 Å². The van der Waals surface area contributed by atoms with Gasteiger partial charge < -0.3 is 20.2 Å². The van der Waals surface area contributed by atoms with Crippen molar-refractivity contribution in [3.8, 4) is 5.75 Å². The third-order valence-electron chi connectivity index (χ3n) is 5.12. The largest absolute Gasteiger partial charge is 0.489 e. The third-order valence-corrected chi connectivity index (χ3v) is 5.95. The summed E-state index contributed by atoms with van der Waals surface area (Å²) in [6.45, 7) is 5.62. The lowest BCUT2D eigenvalue weighted by atomic mass is 10.0. The summed E-state index contributed by atoms with van der Waals surface area (Å²) in [4.78, 5) is 18.3. The van der Waals surface area contributed by atoms with Crippen molar-refractivity contribution in [3.05, 3.63) is 85.0 Å². The minimum Gasteiger partial charge on any atom is -0.489 e. The zero-order valence-electron chi connectivity index (χ0n) is 18.5. The number of hydrogen-bond acceptors (Lipinski definition) is 6. The zero-order valence-corrected chi connectivity index (χ0v) is 20.0. The summed E-state index contributed by atoms with van der Waals surface area (Å²) in [6.07, 6.45) is 5.58. The molecule has 0 saturated carbocycles. The number of nitrogens with zero attached hydrogens (tertiary/aromatic N) is 1. The Labute approximate surface area is 202 Å². The molecule has 0 unspecified atom stereocenters. The van der Waals surface area contributed by atoms with Gasteiger partial charge in [0.15, 0.2) is 0 Å². The molecule has 3 heterocycles. The number of nitrogens with one attached hydrogen (secondary N) is 2. The monoisotopic (exact) mass is 488 g/mol. The van der Waals surface area contributed by atoms with Gasteiger partial charge in [-0.2, -0.15) is 0 Å². The van der Waals surface area contributed by atoms with E-state index in [1.54, 1.807) is 38.1 Å². The van der Waals surface area contributed by atoms with Gasteiger partial charge in [0.05, 0.1) is 21.5 Å². The van der Waals surface area contributed by atoms with Gasteiger partial charge >= 0.3 is 0 Å². The quantitative estimate of drug-likeness (QED) is 0.342. The number of nitrogens with two attached hydrogens (primary N) is 1. The lowest BCUT2D eigenvalue weighted by molar-refractivity contribution is 0.198. The summed E-state index contributed by atoms with van der Waals surface area (Å²) in [5, 5.41) is 9.34. The topological polar surface area (TPSA) is 114 Å². The van der Waals surface area contributed by atoms with Crippen LogP contribution in [-0.2, 0) is 11.3 Å². The first-order chi connectivity index (χ1) is 15.8. The van der Waals surface area contributed by atoms with Crippen LogP contribution in [0.5, 0.6) is 5.75 Å². The lowest BCUT2D eigenvalue weighted by Gasteiger charge is -2.13. The number of halogens is 2. The number of ether oxygens (including phenoxy) is 2. The average Bonchev–Trinajstić information content (AvgIpc) is 3.39. The fraction of sp³-hybridized carbons (Fsp3) is 0.292. The van der Waals surface area contributed by atoms with Gasteiger partial charge in [-0.25, -0.2) is 0 Å². The maximum absolute atomic E-state index is 11.6. The second-order valence-corrected chi connectivity index (χ2v) is 8.40. The third kappa shape index (κ3) is 6.35. The minimum atomic E-state index is -0.192. The highest BCUT2D eigenvalue weighted by Crippen LogP contribution is 2.28. The van der Waals surface area contributed by atoms with Crippen LogP contribution in [0.15, 0.2) is 41.5 Å². The van der Waals surface area contributed by atoms with Gasteiger partial charge in [-0.05, 0) is 51.0 Å². The van der Waals surface area contributed by atoms with Crippen LogP contribution in [0.2, 0.25) is 10.0 Å². The molecular weight excluding hydrogens is 463 g/mol. The number of hydrogen-bond donors (Lipinski definition) is 3. The Kier molecular flexibility index (Phi) is 8.49. The van der Waals surface area contributed by atoms with Crippen LogP contribution < -0.4 is 16.0 Å². The standard InChI is InChI=1S/C20H18Cl2N4O2.C4H8O/c1-10-5-12(7-26-20(10)27)19(24)14-6-13(3-4-17(14)23)28-9-15-16(21)8-25-11(2)18(15)22;1-2-4-5-3-1/h3-8,24H,9,23H2,1-2H3,(H,26,27);1-4H2. The van der Waals surface area contributed by atoms with Crippen molar-refractivity contribution in [2.45, 2.75) is 33.3 Å². The maximum atomic E-state index is 11.6. The number of anilines is 1. The number of benzene rings is 1. The first kappa shape index (κ1) is 24.8. The molecule has 1 saturated heterocycles. The predicted molar refractivity (Wildman–Crippen MR) is 132 cm³/mol. The van der Waals surface area contributed by atoms with Crippen LogP contribution >= 0.6 is 23.2 Å². The summed E-state index contributed by atoms with van der Waals surface area (Å²) in [6, 6.07) is 6.69. The van der Waals surface area contributed by atoms with Crippen molar-refractivity contribution in [2.75, 3.05) is 18.9 Å². The SMILES string of the molecule is C1CCOC1.Cc1ncc(Cl)c(COc2ccc(N)c(C(=N)c3c[nH]c(=O)c(C)c3)c2)c1Cl. The van der Waals surface area contributed by atoms with E-state index < -0.39 is 0 Å². The highest BCUT2D eigenvalue weighted by molar-refractivity contribution is 6.36. The highest BCUT2D eigenvalue weighted by atomic mass is 35.5. The number of rotatable bonds is 5. The highest BCUT2D eigenvalue weighted by Gasteiger charge is 2.14. The number of nitrogen functional groups attached to an aromatic ring is 1. The number of H-pyrrole nitrogens is 1. The minimum absolute atomic E-state index is 0.148. The molecule has 33 heavy (non-hydrogen) atoms. The normalized spacial score (nSPS) is 12.7. The van der Waals surface area contributed by atoms with E-state index in [0.29, 0.717) is 49.4 Å². The zero-order chi connectivity index (χ0) is 24.0. The van der Waals surface area contributed by atoms with Crippen molar-refractivity contribution in [1.82, 2.24) is 9.97 Å². The van der Waals surface area contributed by atoms with E-state index >= 15 is 0 Å². The van der Waals surface area contributed by atoms with Crippen molar-refractivity contribution in [2.24, 2.45) is 0 Å². The van der Waals surface area contributed by atoms with Crippen LogP contribution in [-0.4, -0.2) is 28.9 Å². The van der Waals surface area contributed by atoms with Gasteiger partial charge in [0.1, 0.15) is 12.4 Å². The molecule has 4 N–H and O–H groups in total. The van der Waals surface area contributed by atoms with Gasteiger partial charge in [0, 0.05) is 53.5 Å².